The third-order valence-corrected chi connectivity index (χ3v) is 6.48. The molecule has 1 aromatic rings. The highest BCUT2D eigenvalue weighted by Gasteiger charge is 2.57. The van der Waals surface area contributed by atoms with Crippen LogP contribution >= 0.6 is 0 Å². The first-order valence-corrected chi connectivity index (χ1v) is 10.3. The largest absolute Gasteiger partial charge is 0.469 e. The van der Waals surface area contributed by atoms with Gasteiger partial charge < -0.3 is 9.64 Å². The van der Waals surface area contributed by atoms with Crippen LogP contribution in [0.4, 0.5) is 14.6 Å². The number of nitrogens with zero attached hydrogens (tertiary/aromatic N) is 3. The fourth-order valence-electron chi connectivity index (χ4n) is 4.21. The number of hydrogen-bond acceptors (Lipinski definition) is 7. The van der Waals surface area contributed by atoms with E-state index in [1.54, 1.807) is 0 Å². The van der Waals surface area contributed by atoms with Gasteiger partial charge >= 0.3 is 5.97 Å². The summed E-state index contributed by atoms with van der Waals surface area (Å²) in [5.74, 6) is -2.28. The van der Waals surface area contributed by atoms with Crippen LogP contribution < -0.4 is 4.90 Å². The normalized spacial score (nSPS) is 28.6. The number of aromatic nitrogens is 2. The molecule has 1 saturated carbocycles. The predicted molar refractivity (Wildman–Crippen MR) is 86.7 cm³/mol. The van der Waals surface area contributed by atoms with Crippen LogP contribution in [0.5, 0.6) is 0 Å². The molecular weight excluding hydrogens is 368 g/mol. The molecule has 0 N–H and O–H groups in total. The summed E-state index contributed by atoms with van der Waals surface area (Å²) in [5.41, 5.74) is -0.122. The molecular formula is C16H19F2N3O4S. The van der Waals surface area contributed by atoms with Crippen LogP contribution in [0.15, 0.2) is 5.16 Å². The van der Waals surface area contributed by atoms with Crippen molar-refractivity contribution in [2.45, 2.75) is 30.3 Å². The van der Waals surface area contributed by atoms with E-state index in [2.05, 4.69) is 9.97 Å². The van der Waals surface area contributed by atoms with Gasteiger partial charge in [0.15, 0.2) is 0 Å². The number of halogens is 2. The number of sulfone groups is 1. The number of esters is 1. The third kappa shape index (κ3) is 2.74. The lowest BCUT2D eigenvalue weighted by Gasteiger charge is -2.24. The van der Waals surface area contributed by atoms with E-state index in [0.29, 0.717) is 30.9 Å². The van der Waals surface area contributed by atoms with Crippen LogP contribution in [0.25, 0.3) is 0 Å². The van der Waals surface area contributed by atoms with Gasteiger partial charge in [0.2, 0.25) is 15.0 Å². The summed E-state index contributed by atoms with van der Waals surface area (Å²) in [6.45, 7) is 1.15. The molecule has 10 heteroatoms. The molecule has 1 aliphatic heterocycles. The molecule has 0 radical (unpaired) electrons. The van der Waals surface area contributed by atoms with Gasteiger partial charge in [0.1, 0.15) is 11.5 Å². The molecule has 0 spiro atoms. The Kier molecular flexibility index (Phi) is 3.77. The average molecular weight is 387 g/mol. The molecule has 2 fully saturated rings. The van der Waals surface area contributed by atoms with Crippen molar-refractivity contribution in [1.82, 2.24) is 9.97 Å². The van der Waals surface area contributed by atoms with Crippen LogP contribution in [0.2, 0.25) is 0 Å². The second-order valence-electron chi connectivity index (χ2n) is 7.31. The molecule has 2 aliphatic carbocycles. The van der Waals surface area contributed by atoms with Gasteiger partial charge in [-0.3, -0.25) is 4.79 Å². The smallest absolute Gasteiger partial charge is 0.305 e. The van der Waals surface area contributed by atoms with Gasteiger partial charge in [-0.25, -0.2) is 18.4 Å². The van der Waals surface area contributed by atoms with Gasteiger partial charge in [-0.1, -0.05) is 0 Å². The Morgan fingerprint density at radius 3 is 2.54 bits per heavy atom. The van der Waals surface area contributed by atoms with Gasteiger partial charge in [0, 0.05) is 37.8 Å². The van der Waals surface area contributed by atoms with Crippen molar-refractivity contribution in [2.75, 3.05) is 31.4 Å². The molecule has 1 aromatic heterocycles. The minimum absolute atomic E-state index is 0.124. The van der Waals surface area contributed by atoms with Crippen molar-refractivity contribution < 1.29 is 26.7 Å². The van der Waals surface area contributed by atoms with Crippen molar-refractivity contribution in [3.8, 4) is 0 Å². The van der Waals surface area contributed by atoms with Crippen molar-refractivity contribution in [3.05, 3.63) is 11.3 Å². The van der Waals surface area contributed by atoms with Gasteiger partial charge in [0.25, 0.3) is 5.92 Å². The van der Waals surface area contributed by atoms with E-state index >= 15 is 0 Å². The van der Waals surface area contributed by atoms with E-state index in [0.717, 1.165) is 6.26 Å². The summed E-state index contributed by atoms with van der Waals surface area (Å²) in [6, 6.07) is 0. The molecule has 0 amide bonds. The van der Waals surface area contributed by atoms with Crippen molar-refractivity contribution in [3.63, 3.8) is 0 Å². The summed E-state index contributed by atoms with van der Waals surface area (Å²) in [5, 5.41) is -0.556. The number of alkyl halides is 2. The number of fused-ring (bicyclic) bond motifs is 2. The minimum Gasteiger partial charge on any atom is -0.469 e. The van der Waals surface area contributed by atoms with E-state index < -0.39 is 26.6 Å². The van der Waals surface area contributed by atoms with E-state index in [1.165, 1.54) is 7.11 Å². The summed E-state index contributed by atoms with van der Waals surface area (Å²) in [4.78, 5) is 21.1. The van der Waals surface area contributed by atoms with Crippen molar-refractivity contribution in [2.24, 2.45) is 17.8 Å². The maximum Gasteiger partial charge on any atom is 0.305 e. The fourth-order valence-corrected chi connectivity index (χ4v) is 4.72. The number of ether oxygens (including phenoxy) is 1. The quantitative estimate of drug-likeness (QED) is 0.566. The second-order valence-corrected chi connectivity index (χ2v) is 9.22. The van der Waals surface area contributed by atoms with Gasteiger partial charge in [-0.15, -0.1) is 0 Å². The standard InChI is InChI=1S/C16H19F2N3O4S/c1-25-12(22)5-9-10-6-21(7-11(9)10)14-8-3-4-16(17,18)13(8)19-15(20-14)26(2,23)24/h9-11H,3-7H2,1-2H3/t9-,10+,11-. The van der Waals surface area contributed by atoms with Gasteiger partial charge in [-0.2, -0.15) is 8.78 Å². The number of anilines is 1. The zero-order valence-electron chi connectivity index (χ0n) is 14.4. The van der Waals surface area contributed by atoms with Crippen LogP contribution in [0, 0.1) is 17.8 Å². The maximum absolute atomic E-state index is 14.1. The van der Waals surface area contributed by atoms with E-state index in [1.807, 2.05) is 4.90 Å². The molecule has 2 heterocycles. The highest BCUT2D eigenvalue weighted by Crippen LogP contribution is 2.55. The molecule has 0 unspecified atom stereocenters. The predicted octanol–water partition coefficient (Wildman–Crippen LogP) is 1.16. The number of carbonyl (C=O) groups excluding carboxylic acids is 1. The Balaban J connectivity index is 1.63. The third-order valence-electron chi connectivity index (χ3n) is 5.63. The maximum atomic E-state index is 14.1. The summed E-state index contributed by atoms with van der Waals surface area (Å²) < 4.78 is 56.7. The number of methoxy groups -OCH3 is 1. The fraction of sp³-hybridized carbons (Fsp3) is 0.688. The molecule has 0 bridgehead atoms. The van der Waals surface area contributed by atoms with Crippen LogP contribution in [0.3, 0.4) is 0 Å². The first kappa shape index (κ1) is 17.6. The summed E-state index contributed by atoms with van der Waals surface area (Å²) in [6.07, 6.45) is 1.01. The Labute approximate surface area is 149 Å². The number of carbonyl (C=O) groups is 1. The lowest BCUT2D eigenvalue weighted by atomic mass is 10.1. The molecule has 1 saturated heterocycles. The SMILES string of the molecule is COC(=O)C[C@H]1[C@H]2CN(c3nc(S(C)(=O)=O)nc4c3CCC4(F)F)C[C@@H]12. The Morgan fingerprint density at radius 1 is 1.31 bits per heavy atom. The molecule has 142 valence electrons. The minimum atomic E-state index is -3.80. The van der Waals surface area contributed by atoms with Crippen molar-refractivity contribution in [1.29, 1.82) is 0 Å². The molecule has 0 aromatic carbocycles. The highest BCUT2D eigenvalue weighted by molar-refractivity contribution is 7.90. The lowest BCUT2D eigenvalue weighted by molar-refractivity contribution is -0.141. The first-order valence-electron chi connectivity index (χ1n) is 8.43. The lowest BCUT2D eigenvalue weighted by Crippen LogP contribution is -2.28. The molecule has 7 nitrogen and oxygen atoms in total. The van der Waals surface area contributed by atoms with E-state index in [9.17, 15) is 22.0 Å². The zero-order chi connectivity index (χ0) is 18.9. The monoisotopic (exact) mass is 387 g/mol. The van der Waals surface area contributed by atoms with Gasteiger partial charge in [-0.05, 0) is 24.2 Å². The van der Waals surface area contributed by atoms with Crippen molar-refractivity contribution >= 4 is 21.6 Å². The average Bonchev–Trinajstić information content (AvgIpc) is 2.92. The molecule has 4 rings (SSSR count). The Bertz CT molecular complexity index is 878. The first-order chi connectivity index (χ1) is 12.1. The topological polar surface area (TPSA) is 89.5 Å². The Morgan fingerprint density at radius 2 is 1.96 bits per heavy atom. The number of rotatable bonds is 4. The van der Waals surface area contributed by atoms with E-state index in [4.69, 9.17) is 4.74 Å². The summed E-state index contributed by atoms with van der Waals surface area (Å²) >= 11 is 0. The van der Waals surface area contributed by atoms with Crippen LogP contribution in [0.1, 0.15) is 24.1 Å². The van der Waals surface area contributed by atoms with Gasteiger partial charge in [0.05, 0.1) is 7.11 Å². The van der Waals surface area contributed by atoms with Crippen LogP contribution in [-0.2, 0) is 31.7 Å². The van der Waals surface area contributed by atoms with Crippen LogP contribution in [-0.4, -0.2) is 50.8 Å². The number of piperidine rings is 1. The second kappa shape index (κ2) is 5.58. The molecule has 26 heavy (non-hydrogen) atoms. The zero-order valence-corrected chi connectivity index (χ0v) is 15.2. The van der Waals surface area contributed by atoms with E-state index in [-0.39, 0.29) is 36.6 Å². The Hall–Kier alpha value is -1.84. The number of hydrogen-bond donors (Lipinski definition) is 0. The summed E-state index contributed by atoms with van der Waals surface area (Å²) in [7, 11) is -2.45. The highest BCUT2D eigenvalue weighted by atomic mass is 32.2. The molecule has 3 atom stereocenters. The molecule has 3 aliphatic rings.